The third-order valence-corrected chi connectivity index (χ3v) is 2.64. The summed E-state index contributed by atoms with van der Waals surface area (Å²) in [5, 5.41) is 3.05. The minimum Gasteiger partial charge on any atom is -0.234 e. The molecule has 0 bridgehead atoms. The lowest BCUT2D eigenvalue weighted by Gasteiger charge is -1.83. The Hall–Kier alpha value is 0.400. The van der Waals surface area contributed by atoms with Crippen molar-refractivity contribution < 1.29 is 0 Å². The maximum absolute atomic E-state index is 5.50. The summed E-state index contributed by atoms with van der Waals surface area (Å²) in [6.45, 7) is 0. The quantitative estimate of drug-likeness (QED) is 0.707. The summed E-state index contributed by atoms with van der Waals surface area (Å²) in [5.41, 5.74) is 0. The fourth-order valence-electron chi connectivity index (χ4n) is 0.484. The third kappa shape index (κ3) is 2.24. The largest absolute Gasteiger partial charge is 0.234 e. The zero-order valence-corrected chi connectivity index (χ0v) is 7.76. The number of hydrogen-bond acceptors (Lipinski definition) is 2. The van der Waals surface area contributed by atoms with Gasteiger partial charge in [-0.05, 0) is 15.9 Å². The fraction of sp³-hybridized carbons (Fsp3) is 0.400. The molecule has 9 heavy (non-hydrogen) atoms. The number of alkyl halides is 1. The van der Waals surface area contributed by atoms with Crippen LogP contribution in [0.1, 0.15) is 5.01 Å². The summed E-state index contributed by atoms with van der Waals surface area (Å²) < 4.78 is 0.910. The molecule has 0 aromatic carbocycles. The Morgan fingerprint density at radius 1 is 1.78 bits per heavy atom. The Bertz CT molecular complexity index is 189. The molecule has 0 spiro atoms. The van der Waals surface area contributed by atoms with Crippen molar-refractivity contribution in [2.45, 2.75) is 6.42 Å². The summed E-state index contributed by atoms with van der Waals surface area (Å²) >= 11 is 10.4. The monoisotopic (exact) mass is 225 g/mol. The molecular weight excluding hydrogens is 221 g/mol. The third-order valence-electron chi connectivity index (χ3n) is 0.832. The topological polar surface area (TPSA) is 12.9 Å². The normalized spacial score (nSPS) is 10.0. The minimum atomic E-state index is 0.653. The number of nitrogens with zero attached hydrogens (tertiary/aromatic N) is 1. The van der Waals surface area contributed by atoms with Crippen molar-refractivity contribution in [1.29, 1.82) is 0 Å². The van der Waals surface area contributed by atoms with Gasteiger partial charge in [-0.25, -0.2) is 4.98 Å². The van der Waals surface area contributed by atoms with Gasteiger partial charge in [0.15, 0.2) is 0 Å². The lowest BCUT2D eigenvalue weighted by Crippen LogP contribution is -1.82. The van der Waals surface area contributed by atoms with Crippen LogP contribution in [-0.2, 0) is 6.42 Å². The van der Waals surface area contributed by atoms with Crippen LogP contribution in [0, 0.1) is 0 Å². The van der Waals surface area contributed by atoms with E-state index in [0.29, 0.717) is 5.88 Å². The van der Waals surface area contributed by atoms with E-state index in [1.54, 1.807) is 11.3 Å². The van der Waals surface area contributed by atoms with E-state index in [-0.39, 0.29) is 0 Å². The molecule has 0 radical (unpaired) electrons. The van der Waals surface area contributed by atoms with Crippen molar-refractivity contribution in [3.8, 4) is 0 Å². The molecule has 0 atom stereocenters. The standard InChI is InChI=1S/C5H5BrClNS/c6-4-3-9-5(8-4)1-2-7/h3H,1-2H2. The second-order valence-electron chi connectivity index (χ2n) is 1.50. The number of aromatic nitrogens is 1. The maximum atomic E-state index is 5.50. The van der Waals surface area contributed by atoms with Crippen molar-refractivity contribution in [3.05, 3.63) is 15.0 Å². The fourth-order valence-corrected chi connectivity index (χ4v) is 2.04. The molecule has 1 rings (SSSR count). The second kappa shape index (κ2) is 3.54. The maximum Gasteiger partial charge on any atom is 0.117 e. The van der Waals surface area contributed by atoms with Crippen LogP contribution in [0.5, 0.6) is 0 Å². The van der Waals surface area contributed by atoms with Gasteiger partial charge in [0.25, 0.3) is 0 Å². The lowest BCUT2D eigenvalue weighted by atomic mass is 10.5. The van der Waals surface area contributed by atoms with E-state index >= 15 is 0 Å². The molecule has 4 heteroatoms. The zero-order chi connectivity index (χ0) is 6.69. The molecule has 0 saturated carbocycles. The number of aryl methyl sites for hydroxylation is 1. The van der Waals surface area contributed by atoms with Crippen molar-refractivity contribution in [3.63, 3.8) is 0 Å². The molecular formula is C5H5BrClNS. The predicted octanol–water partition coefficient (Wildman–Crippen LogP) is 2.69. The highest BCUT2D eigenvalue weighted by Gasteiger charge is 1.96. The van der Waals surface area contributed by atoms with Crippen LogP contribution in [0.3, 0.4) is 0 Å². The van der Waals surface area contributed by atoms with E-state index in [0.717, 1.165) is 16.0 Å². The molecule has 0 aliphatic heterocycles. The molecule has 1 heterocycles. The summed E-state index contributed by atoms with van der Waals surface area (Å²) in [5.74, 6) is 0.653. The molecule has 0 aliphatic carbocycles. The Morgan fingerprint density at radius 3 is 3.00 bits per heavy atom. The van der Waals surface area contributed by atoms with Gasteiger partial charge in [0.2, 0.25) is 0 Å². The second-order valence-corrected chi connectivity index (χ2v) is 3.64. The molecule has 0 unspecified atom stereocenters. The van der Waals surface area contributed by atoms with Gasteiger partial charge in [-0.3, -0.25) is 0 Å². The number of halogens is 2. The van der Waals surface area contributed by atoms with Gasteiger partial charge in [0.1, 0.15) is 4.60 Å². The first-order valence-corrected chi connectivity index (χ1v) is 4.69. The molecule has 0 N–H and O–H groups in total. The lowest BCUT2D eigenvalue weighted by molar-refractivity contribution is 1.09. The Labute approximate surface area is 71.2 Å². The molecule has 0 fully saturated rings. The van der Waals surface area contributed by atoms with Crippen LogP contribution in [0.15, 0.2) is 9.98 Å². The summed E-state index contributed by atoms with van der Waals surface area (Å²) in [7, 11) is 0. The van der Waals surface area contributed by atoms with Gasteiger partial charge in [0, 0.05) is 17.7 Å². The average Bonchev–Trinajstić information content (AvgIpc) is 2.17. The Balaban J connectivity index is 2.61. The van der Waals surface area contributed by atoms with Gasteiger partial charge in [-0.1, -0.05) is 0 Å². The molecule has 1 nitrogen and oxygen atoms in total. The molecule has 0 saturated heterocycles. The van der Waals surface area contributed by atoms with Gasteiger partial charge in [-0.15, -0.1) is 22.9 Å². The van der Waals surface area contributed by atoms with Crippen molar-refractivity contribution in [2.75, 3.05) is 5.88 Å². The average molecular weight is 227 g/mol. The molecule has 0 aliphatic rings. The van der Waals surface area contributed by atoms with E-state index in [1.165, 1.54) is 0 Å². The molecule has 1 aromatic rings. The molecule has 0 amide bonds. The highest BCUT2D eigenvalue weighted by molar-refractivity contribution is 9.10. The van der Waals surface area contributed by atoms with E-state index < -0.39 is 0 Å². The summed E-state index contributed by atoms with van der Waals surface area (Å²) in [6, 6.07) is 0. The summed E-state index contributed by atoms with van der Waals surface area (Å²) in [6.07, 6.45) is 0.873. The first kappa shape index (κ1) is 7.51. The van der Waals surface area contributed by atoms with Crippen LogP contribution in [0.2, 0.25) is 0 Å². The predicted molar refractivity (Wildman–Crippen MR) is 44.2 cm³/mol. The van der Waals surface area contributed by atoms with Gasteiger partial charge >= 0.3 is 0 Å². The Morgan fingerprint density at radius 2 is 2.56 bits per heavy atom. The minimum absolute atomic E-state index is 0.653. The van der Waals surface area contributed by atoms with Crippen molar-refractivity contribution in [1.82, 2.24) is 4.98 Å². The van der Waals surface area contributed by atoms with Gasteiger partial charge in [0.05, 0.1) is 5.01 Å². The highest BCUT2D eigenvalue weighted by Crippen LogP contribution is 2.15. The number of rotatable bonds is 2. The van der Waals surface area contributed by atoms with E-state index in [4.69, 9.17) is 11.6 Å². The summed E-state index contributed by atoms with van der Waals surface area (Å²) in [4.78, 5) is 4.15. The SMILES string of the molecule is ClCCc1nc(Br)cs1. The van der Waals surface area contributed by atoms with Gasteiger partial charge < -0.3 is 0 Å². The first-order chi connectivity index (χ1) is 4.33. The Kier molecular flexibility index (Phi) is 2.95. The van der Waals surface area contributed by atoms with E-state index in [2.05, 4.69) is 20.9 Å². The van der Waals surface area contributed by atoms with Gasteiger partial charge in [-0.2, -0.15) is 0 Å². The van der Waals surface area contributed by atoms with Crippen LogP contribution < -0.4 is 0 Å². The number of hydrogen-bond donors (Lipinski definition) is 0. The van der Waals surface area contributed by atoms with E-state index in [1.807, 2.05) is 5.38 Å². The molecule has 50 valence electrons. The number of thiazole rings is 1. The van der Waals surface area contributed by atoms with Crippen LogP contribution in [-0.4, -0.2) is 10.9 Å². The molecule has 1 aromatic heterocycles. The van der Waals surface area contributed by atoms with Crippen LogP contribution in [0.25, 0.3) is 0 Å². The van der Waals surface area contributed by atoms with E-state index in [9.17, 15) is 0 Å². The van der Waals surface area contributed by atoms with Crippen LogP contribution >= 0.6 is 38.9 Å². The first-order valence-electron chi connectivity index (χ1n) is 2.49. The highest BCUT2D eigenvalue weighted by atomic mass is 79.9. The van der Waals surface area contributed by atoms with Crippen LogP contribution in [0.4, 0.5) is 0 Å². The van der Waals surface area contributed by atoms with Crippen molar-refractivity contribution in [2.24, 2.45) is 0 Å². The smallest absolute Gasteiger partial charge is 0.117 e. The van der Waals surface area contributed by atoms with Crippen molar-refractivity contribution >= 4 is 38.9 Å². The zero-order valence-electron chi connectivity index (χ0n) is 4.60.